The summed E-state index contributed by atoms with van der Waals surface area (Å²) in [5.41, 5.74) is 1.41. The molecule has 0 radical (unpaired) electrons. The number of sulfonamides is 1. The molecular weight excluding hydrogens is 665 g/mol. The average molecular weight is 699 g/mol. The SMILES string of the molecule is O=C(NC1CCCC1)[C@@H](Cc1ccccc1)N(Cc1c(Cl)cccc1Cl)C(=O)CN(c1ccccc1Cl)S(=O)(=O)c1ccccc1. The number of carbonyl (C=O) groups is 2. The van der Waals surface area contributed by atoms with Crippen molar-refractivity contribution in [3.63, 3.8) is 0 Å². The van der Waals surface area contributed by atoms with Gasteiger partial charge in [-0.25, -0.2) is 8.42 Å². The maximum absolute atomic E-state index is 14.6. The van der Waals surface area contributed by atoms with Gasteiger partial charge < -0.3 is 10.2 Å². The van der Waals surface area contributed by atoms with E-state index in [2.05, 4.69) is 5.32 Å². The number of para-hydroxylation sites is 1. The predicted octanol–water partition coefficient (Wildman–Crippen LogP) is 7.54. The van der Waals surface area contributed by atoms with Gasteiger partial charge >= 0.3 is 0 Å². The van der Waals surface area contributed by atoms with E-state index in [1.54, 1.807) is 60.7 Å². The van der Waals surface area contributed by atoms with Gasteiger partial charge in [-0.3, -0.25) is 13.9 Å². The van der Waals surface area contributed by atoms with Crippen LogP contribution in [0.4, 0.5) is 5.69 Å². The molecule has 0 unspecified atom stereocenters. The van der Waals surface area contributed by atoms with E-state index in [-0.39, 0.29) is 40.5 Å². The molecule has 0 bridgehead atoms. The van der Waals surface area contributed by atoms with Crippen LogP contribution < -0.4 is 9.62 Å². The lowest BCUT2D eigenvalue weighted by Crippen LogP contribution is -2.54. The molecule has 0 saturated heterocycles. The highest BCUT2D eigenvalue weighted by molar-refractivity contribution is 7.92. The summed E-state index contributed by atoms with van der Waals surface area (Å²) in [5, 5.41) is 3.94. The number of amides is 2. The molecule has 11 heteroatoms. The van der Waals surface area contributed by atoms with Gasteiger partial charge in [-0.1, -0.05) is 114 Å². The number of rotatable bonds is 12. The molecule has 1 aliphatic carbocycles. The summed E-state index contributed by atoms with van der Waals surface area (Å²) < 4.78 is 29.2. The Labute approximate surface area is 285 Å². The predicted molar refractivity (Wildman–Crippen MR) is 184 cm³/mol. The zero-order valence-electron chi connectivity index (χ0n) is 25.0. The third-order valence-corrected chi connectivity index (χ3v) is 10.9. The second-order valence-electron chi connectivity index (χ2n) is 11.2. The summed E-state index contributed by atoms with van der Waals surface area (Å²) in [7, 11) is -4.27. The third-order valence-electron chi connectivity index (χ3n) is 8.09. The molecule has 4 aromatic carbocycles. The highest BCUT2D eigenvalue weighted by Crippen LogP contribution is 2.32. The molecule has 7 nitrogen and oxygen atoms in total. The summed E-state index contributed by atoms with van der Waals surface area (Å²) >= 11 is 19.7. The number of carbonyl (C=O) groups excluding carboxylic acids is 2. The van der Waals surface area contributed by atoms with Crippen molar-refractivity contribution >= 4 is 62.3 Å². The van der Waals surface area contributed by atoms with E-state index < -0.39 is 28.5 Å². The van der Waals surface area contributed by atoms with Crippen LogP contribution in [0, 0.1) is 0 Å². The standard InChI is InChI=1S/C35H34Cl3N3O4S/c36-29-19-11-20-30(37)28(29)23-40(33(22-25-12-3-1-4-13-25)35(43)39-26-14-7-8-15-26)34(42)24-41(32-21-10-9-18-31(32)38)46(44,45)27-16-5-2-6-17-27/h1-6,9-13,16-21,26,33H,7-8,14-15,22-24H2,(H,39,43)/t33-/m1/s1. The van der Waals surface area contributed by atoms with Crippen LogP contribution in [0.3, 0.4) is 0 Å². The second kappa shape index (κ2) is 15.4. The molecule has 4 aromatic rings. The number of hydrogen-bond acceptors (Lipinski definition) is 4. The highest BCUT2D eigenvalue weighted by atomic mass is 35.5. The molecule has 240 valence electrons. The van der Waals surface area contributed by atoms with Crippen molar-refractivity contribution in [1.29, 1.82) is 0 Å². The van der Waals surface area contributed by atoms with Crippen LogP contribution in [0.1, 0.15) is 36.8 Å². The van der Waals surface area contributed by atoms with Crippen LogP contribution in [0.2, 0.25) is 15.1 Å². The minimum absolute atomic E-state index is 0.00953. The summed E-state index contributed by atoms with van der Waals surface area (Å²) in [6.07, 6.45) is 3.91. The van der Waals surface area contributed by atoms with E-state index >= 15 is 0 Å². The fourth-order valence-electron chi connectivity index (χ4n) is 5.66. The molecule has 1 atom stereocenters. The molecule has 5 rings (SSSR count). The topological polar surface area (TPSA) is 86.8 Å². The van der Waals surface area contributed by atoms with E-state index in [4.69, 9.17) is 34.8 Å². The zero-order valence-corrected chi connectivity index (χ0v) is 28.1. The smallest absolute Gasteiger partial charge is 0.264 e. The van der Waals surface area contributed by atoms with Gasteiger partial charge in [-0.2, -0.15) is 0 Å². The Morgan fingerprint density at radius 1 is 0.761 bits per heavy atom. The number of hydrogen-bond donors (Lipinski definition) is 1. The third kappa shape index (κ3) is 8.04. The van der Waals surface area contributed by atoms with Crippen molar-refractivity contribution in [2.24, 2.45) is 0 Å². The molecule has 0 heterocycles. The van der Waals surface area contributed by atoms with E-state index in [0.717, 1.165) is 35.6 Å². The lowest BCUT2D eigenvalue weighted by atomic mass is 10.0. The zero-order chi connectivity index (χ0) is 32.7. The molecule has 1 saturated carbocycles. The van der Waals surface area contributed by atoms with Gasteiger partial charge in [0.05, 0.1) is 15.6 Å². The summed E-state index contributed by atoms with van der Waals surface area (Å²) in [6, 6.07) is 27.6. The molecule has 1 aliphatic rings. The lowest BCUT2D eigenvalue weighted by Gasteiger charge is -2.35. The fraction of sp³-hybridized carbons (Fsp3) is 0.257. The van der Waals surface area contributed by atoms with Gasteiger partial charge in [0.15, 0.2) is 0 Å². The van der Waals surface area contributed by atoms with Crippen molar-refractivity contribution in [2.45, 2.75) is 55.6 Å². The highest BCUT2D eigenvalue weighted by Gasteiger charge is 2.36. The maximum Gasteiger partial charge on any atom is 0.264 e. The first-order valence-electron chi connectivity index (χ1n) is 15.0. The molecule has 0 aliphatic heterocycles. The van der Waals surface area contributed by atoms with Crippen LogP contribution >= 0.6 is 34.8 Å². The largest absolute Gasteiger partial charge is 0.352 e. The van der Waals surface area contributed by atoms with Gasteiger partial charge in [-0.15, -0.1) is 0 Å². The molecule has 1 N–H and O–H groups in total. The molecular formula is C35H34Cl3N3O4S. The number of halogens is 3. The molecule has 1 fully saturated rings. The molecule has 0 aromatic heterocycles. The van der Waals surface area contributed by atoms with Crippen molar-refractivity contribution in [3.8, 4) is 0 Å². The van der Waals surface area contributed by atoms with E-state index in [1.807, 2.05) is 30.3 Å². The van der Waals surface area contributed by atoms with Gasteiger partial charge in [0.1, 0.15) is 12.6 Å². The quantitative estimate of drug-likeness (QED) is 0.166. The minimum atomic E-state index is -4.27. The molecule has 0 spiro atoms. The Kier molecular flexibility index (Phi) is 11.3. The van der Waals surface area contributed by atoms with E-state index in [1.165, 1.54) is 17.0 Å². The summed E-state index contributed by atoms with van der Waals surface area (Å²) in [5.74, 6) is -0.958. The summed E-state index contributed by atoms with van der Waals surface area (Å²) in [4.78, 5) is 30.1. The van der Waals surface area contributed by atoms with E-state index in [0.29, 0.717) is 15.6 Å². The first-order valence-corrected chi connectivity index (χ1v) is 17.6. The van der Waals surface area contributed by atoms with Crippen molar-refractivity contribution in [3.05, 3.63) is 129 Å². The first-order chi connectivity index (χ1) is 22.1. The molecule has 46 heavy (non-hydrogen) atoms. The second-order valence-corrected chi connectivity index (χ2v) is 14.3. The first kappa shape index (κ1) is 33.8. The normalized spacial score (nSPS) is 14.1. The Morgan fingerprint density at radius 2 is 1.33 bits per heavy atom. The van der Waals surface area contributed by atoms with Gasteiger partial charge in [0.25, 0.3) is 10.0 Å². The van der Waals surface area contributed by atoms with E-state index in [9.17, 15) is 18.0 Å². The van der Waals surface area contributed by atoms with Crippen molar-refractivity contribution in [2.75, 3.05) is 10.8 Å². The maximum atomic E-state index is 14.6. The number of nitrogens with zero attached hydrogens (tertiary/aromatic N) is 2. The van der Waals surface area contributed by atoms with Crippen LogP contribution in [-0.4, -0.2) is 43.8 Å². The van der Waals surface area contributed by atoms with Crippen LogP contribution in [0.5, 0.6) is 0 Å². The van der Waals surface area contributed by atoms with Crippen LogP contribution in [0.25, 0.3) is 0 Å². The van der Waals surface area contributed by atoms with Crippen molar-refractivity contribution < 1.29 is 18.0 Å². The number of nitrogens with one attached hydrogen (secondary N) is 1. The number of anilines is 1. The molecule has 2 amide bonds. The Bertz CT molecular complexity index is 1750. The monoisotopic (exact) mass is 697 g/mol. The van der Waals surface area contributed by atoms with Gasteiger partial charge in [0, 0.05) is 34.6 Å². The Hall–Kier alpha value is -3.56. The average Bonchev–Trinajstić information content (AvgIpc) is 3.57. The van der Waals surface area contributed by atoms with Crippen LogP contribution in [0.15, 0.2) is 108 Å². The number of benzene rings is 4. The van der Waals surface area contributed by atoms with Gasteiger partial charge in [0.2, 0.25) is 11.8 Å². The van der Waals surface area contributed by atoms with Gasteiger partial charge in [-0.05, 0) is 54.8 Å². The minimum Gasteiger partial charge on any atom is -0.352 e. The Balaban J connectivity index is 1.60. The van der Waals surface area contributed by atoms with Crippen molar-refractivity contribution in [1.82, 2.24) is 10.2 Å². The Morgan fingerprint density at radius 3 is 1.96 bits per heavy atom. The fourth-order valence-corrected chi connectivity index (χ4v) is 7.92. The summed E-state index contributed by atoms with van der Waals surface area (Å²) in [6.45, 7) is -0.764. The lowest BCUT2D eigenvalue weighted by molar-refractivity contribution is -0.140. The van der Waals surface area contributed by atoms with Crippen LogP contribution in [-0.2, 0) is 32.6 Å².